The van der Waals surface area contributed by atoms with Crippen LogP contribution in [0, 0.1) is 5.92 Å². The van der Waals surface area contributed by atoms with Crippen molar-refractivity contribution in [1.29, 1.82) is 0 Å². The molecule has 0 amide bonds. The summed E-state index contributed by atoms with van der Waals surface area (Å²) in [6, 6.07) is 0. The summed E-state index contributed by atoms with van der Waals surface area (Å²) in [6.45, 7) is 5.28. The zero-order valence-corrected chi connectivity index (χ0v) is 9.45. The zero-order chi connectivity index (χ0) is 9.42. The smallest absolute Gasteiger partial charge is 0.131 e. The van der Waals surface area contributed by atoms with Gasteiger partial charge in [0.2, 0.25) is 0 Å². The largest absolute Gasteiger partial charge is 0.253 e. The summed E-state index contributed by atoms with van der Waals surface area (Å²) < 4.78 is 1.94. The molecule has 0 spiro atoms. The Morgan fingerprint density at radius 3 is 2.92 bits per heavy atom. The highest BCUT2D eigenvalue weighted by molar-refractivity contribution is 7.98. The highest BCUT2D eigenvalue weighted by Crippen LogP contribution is 2.34. The van der Waals surface area contributed by atoms with Crippen LogP contribution in [0.1, 0.15) is 25.1 Å². The fourth-order valence-electron chi connectivity index (χ4n) is 1.50. The average Bonchev–Trinajstić information content (AvgIpc) is 2.56. The van der Waals surface area contributed by atoms with Gasteiger partial charge in [-0.05, 0) is 5.92 Å². The van der Waals surface area contributed by atoms with Crippen LogP contribution in [0.15, 0.2) is 0 Å². The van der Waals surface area contributed by atoms with Crippen LogP contribution in [0.4, 0.5) is 0 Å². The Bertz CT molecular complexity index is 320. The molecule has 0 fully saturated rings. The van der Waals surface area contributed by atoms with Crippen LogP contribution in [0.3, 0.4) is 0 Å². The van der Waals surface area contributed by atoms with E-state index in [1.807, 2.05) is 16.4 Å². The standard InChI is InChI=1S/C9H13ClN2S/c1-6(2)3-12-9(10)7-4-13-5-8(7)11-12/h6H,3-5H2,1-2H3. The minimum atomic E-state index is 0.602. The number of hydrogen-bond donors (Lipinski definition) is 0. The SMILES string of the molecule is CC(C)Cn1nc2c(c1Cl)CSC2. The van der Waals surface area contributed by atoms with Crippen molar-refractivity contribution in [3.63, 3.8) is 0 Å². The van der Waals surface area contributed by atoms with Gasteiger partial charge >= 0.3 is 0 Å². The van der Waals surface area contributed by atoms with E-state index < -0.39 is 0 Å². The van der Waals surface area contributed by atoms with E-state index in [4.69, 9.17) is 11.6 Å². The summed E-state index contributed by atoms with van der Waals surface area (Å²) in [5.74, 6) is 2.66. The van der Waals surface area contributed by atoms with E-state index in [1.54, 1.807) is 0 Å². The first-order valence-electron chi connectivity index (χ1n) is 4.50. The van der Waals surface area contributed by atoms with Gasteiger partial charge in [0, 0.05) is 23.6 Å². The van der Waals surface area contributed by atoms with Crippen LogP contribution < -0.4 is 0 Å². The summed E-state index contributed by atoms with van der Waals surface area (Å²) in [5, 5.41) is 5.35. The first-order chi connectivity index (χ1) is 6.18. The van der Waals surface area contributed by atoms with E-state index in [9.17, 15) is 0 Å². The van der Waals surface area contributed by atoms with Crippen molar-refractivity contribution >= 4 is 23.4 Å². The van der Waals surface area contributed by atoms with Crippen LogP contribution in [-0.2, 0) is 18.1 Å². The van der Waals surface area contributed by atoms with Crippen molar-refractivity contribution in [2.24, 2.45) is 5.92 Å². The molecule has 13 heavy (non-hydrogen) atoms. The molecule has 1 aromatic rings. The maximum Gasteiger partial charge on any atom is 0.131 e. The Balaban J connectivity index is 2.28. The van der Waals surface area contributed by atoms with Gasteiger partial charge in [-0.3, -0.25) is 4.68 Å². The third kappa shape index (κ3) is 1.72. The molecule has 0 atom stereocenters. The summed E-state index contributed by atoms with van der Waals surface area (Å²) in [4.78, 5) is 0. The second-order valence-corrected chi connectivity index (χ2v) is 5.13. The molecule has 1 aromatic heterocycles. The van der Waals surface area contributed by atoms with Gasteiger partial charge in [-0.1, -0.05) is 25.4 Å². The summed E-state index contributed by atoms with van der Waals surface area (Å²) in [6.07, 6.45) is 0. The molecule has 0 saturated heterocycles. The van der Waals surface area contributed by atoms with Crippen molar-refractivity contribution in [3.8, 4) is 0 Å². The summed E-state index contributed by atoms with van der Waals surface area (Å²) >= 11 is 8.09. The first-order valence-corrected chi connectivity index (χ1v) is 6.03. The predicted octanol–water partition coefficient (Wildman–Crippen LogP) is 2.94. The minimum Gasteiger partial charge on any atom is -0.253 e. The zero-order valence-electron chi connectivity index (χ0n) is 7.88. The number of hydrogen-bond acceptors (Lipinski definition) is 2. The Labute approximate surface area is 87.6 Å². The van der Waals surface area contributed by atoms with E-state index in [2.05, 4.69) is 18.9 Å². The molecule has 0 radical (unpaired) electrons. The van der Waals surface area contributed by atoms with Crippen molar-refractivity contribution in [2.45, 2.75) is 31.9 Å². The lowest BCUT2D eigenvalue weighted by atomic mass is 10.2. The van der Waals surface area contributed by atoms with Crippen LogP contribution in [-0.4, -0.2) is 9.78 Å². The van der Waals surface area contributed by atoms with Crippen LogP contribution in [0.25, 0.3) is 0 Å². The lowest BCUT2D eigenvalue weighted by molar-refractivity contribution is 0.481. The highest BCUT2D eigenvalue weighted by Gasteiger charge is 2.21. The van der Waals surface area contributed by atoms with E-state index >= 15 is 0 Å². The molecule has 1 aliphatic rings. The van der Waals surface area contributed by atoms with Gasteiger partial charge in [0.25, 0.3) is 0 Å². The van der Waals surface area contributed by atoms with Crippen molar-refractivity contribution in [2.75, 3.05) is 0 Å². The number of fused-ring (bicyclic) bond motifs is 1. The molecule has 0 aliphatic carbocycles. The van der Waals surface area contributed by atoms with Gasteiger partial charge < -0.3 is 0 Å². The fraction of sp³-hybridized carbons (Fsp3) is 0.667. The monoisotopic (exact) mass is 216 g/mol. The fourth-order valence-corrected chi connectivity index (χ4v) is 2.90. The second-order valence-electron chi connectivity index (χ2n) is 3.78. The molecule has 0 N–H and O–H groups in total. The van der Waals surface area contributed by atoms with Gasteiger partial charge in [-0.15, -0.1) is 0 Å². The Morgan fingerprint density at radius 1 is 1.54 bits per heavy atom. The quantitative estimate of drug-likeness (QED) is 0.757. The molecular weight excluding hydrogens is 204 g/mol. The van der Waals surface area contributed by atoms with E-state index in [1.165, 1.54) is 11.3 Å². The third-order valence-corrected chi connectivity index (χ3v) is 3.48. The second kappa shape index (κ2) is 3.54. The minimum absolute atomic E-state index is 0.602. The number of thioether (sulfide) groups is 1. The molecular formula is C9H13ClN2S. The molecule has 0 aromatic carbocycles. The normalized spacial score (nSPS) is 15.4. The van der Waals surface area contributed by atoms with E-state index in [0.29, 0.717) is 5.92 Å². The Hall–Kier alpha value is -0.150. The molecule has 72 valence electrons. The number of nitrogens with zero attached hydrogens (tertiary/aromatic N) is 2. The van der Waals surface area contributed by atoms with Gasteiger partial charge in [-0.25, -0.2) is 0 Å². The Kier molecular flexibility index (Phi) is 2.56. The first kappa shape index (κ1) is 9.41. The maximum atomic E-state index is 6.20. The molecule has 2 heterocycles. The van der Waals surface area contributed by atoms with Gasteiger partial charge in [-0.2, -0.15) is 16.9 Å². The molecule has 0 saturated carbocycles. The van der Waals surface area contributed by atoms with Crippen LogP contribution in [0.2, 0.25) is 5.15 Å². The van der Waals surface area contributed by atoms with Crippen LogP contribution >= 0.6 is 23.4 Å². The third-order valence-electron chi connectivity index (χ3n) is 2.09. The van der Waals surface area contributed by atoms with Gasteiger partial charge in [0.15, 0.2) is 0 Å². The topological polar surface area (TPSA) is 17.8 Å². The molecule has 2 rings (SSSR count). The lowest BCUT2D eigenvalue weighted by Crippen LogP contribution is -2.06. The lowest BCUT2D eigenvalue weighted by Gasteiger charge is -2.06. The number of rotatable bonds is 2. The van der Waals surface area contributed by atoms with Crippen molar-refractivity contribution < 1.29 is 0 Å². The molecule has 0 unspecified atom stereocenters. The van der Waals surface area contributed by atoms with E-state index in [0.717, 1.165) is 23.2 Å². The number of halogens is 1. The average molecular weight is 217 g/mol. The molecule has 1 aliphatic heterocycles. The molecule has 4 heteroatoms. The summed E-state index contributed by atoms with van der Waals surface area (Å²) in [5.41, 5.74) is 2.45. The number of aromatic nitrogens is 2. The van der Waals surface area contributed by atoms with Gasteiger partial charge in [0.1, 0.15) is 5.15 Å². The van der Waals surface area contributed by atoms with Crippen LogP contribution in [0.5, 0.6) is 0 Å². The van der Waals surface area contributed by atoms with Crippen molar-refractivity contribution in [3.05, 3.63) is 16.4 Å². The van der Waals surface area contributed by atoms with Gasteiger partial charge in [0.05, 0.1) is 5.69 Å². The van der Waals surface area contributed by atoms with E-state index in [-0.39, 0.29) is 0 Å². The molecule has 2 nitrogen and oxygen atoms in total. The summed E-state index contributed by atoms with van der Waals surface area (Å²) in [7, 11) is 0. The molecule has 0 bridgehead atoms. The Morgan fingerprint density at radius 2 is 2.31 bits per heavy atom. The highest BCUT2D eigenvalue weighted by atomic mass is 35.5. The predicted molar refractivity (Wildman–Crippen MR) is 57.1 cm³/mol. The van der Waals surface area contributed by atoms with Crippen molar-refractivity contribution in [1.82, 2.24) is 9.78 Å². The maximum absolute atomic E-state index is 6.20.